The number of rotatable bonds is 3. The van der Waals surface area contributed by atoms with Crippen LogP contribution in [0.15, 0.2) is 30.3 Å². The van der Waals surface area contributed by atoms with Gasteiger partial charge in [0.1, 0.15) is 5.54 Å². The van der Waals surface area contributed by atoms with Crippen LogP contribution in [0.1, 0.15) is 51.7 Å². The Morgan fingerprint density at radius 1 is 1.25 bits per heavy atom. The van der Waals surface area contributed by atoms with Gasteiger partial charge in [0, 0.05) is 0 Å². The van der Waals surface area contributed by atoms with Gasteiger partial charge in [-0.25, -0.2) is 4.79 Å². The summed E-state index contributed by atoms with van der Waals surface area (Å²) in [6.45, 7) is 6.41. The van der Waals surface area contributed by atoms with Crippen LogP contribution in [0, 0.1) is 11.3 Å². The van der Waals surface area contributed by atoms with Crippen LogP contribution in [0.4, 0.5) is 4.79 Å². The highest BCUT2D eigenvalue weighted by atomic mass is 16.3. The molecule has 3 unspecified atom stereocenters. The molecule has 3 amide bonds. The van der Waals surface area contributed by atoms with E-state index in [0.29, 0.717) is 24.3 Å². The number of β-amino-alcohol motifs (C(OH)–C–C–N with tert-alkyl or cyclic N) is 1. The Morgan fingerprint density at radius 2 is 1.92 bits per heavy atom. The van der Waals surface area contributed by atoms with Crippen molar-refractivity contribution in [3.63, 3.8) is 0 Å². The SMILES string of the molecule is CC1CC(C)(C)CC2(C1)NC(=O)N(CC(O)c1ccccc1)C2=O. The quantitative estimate of drug-likeness (QED) is 0.837. The minimum atomic E-state index is -0.870. The molecule has 3 atom stereocenters. The van der Waals surface area contributed by atoms with E-state index >= 15 is 0 Å². The maximum atomic E-state index is 13.0. The zero-order valence-electron chi connectivity index (χ0n) is 14.6. The summed E-state index contributed by atoms with van der Waals surface area (Å²) in [4.78, 5) is 26.6. The third-order valence-electron chi connectivity index (χ3n) is 5.16. The molecule has 1 spiro atoms. The van der Waals surface area contributed by atoms with Crippen LogP contribution in [-0.4, -0.2) is 34.0 Å². The fourth-order valence-electron chi connectivity index (χ4n) is 4.63. The van der Waals surface area contributed by atoms with Gasteiger partial charge in [0.2, 0.25) is 0 Å². The van der Waals surface area contributed by atoms with Crippen LogP contribution < -0.4 is 5.32 Å². The second-order valence-corrected chi connectivity index (χ2v) is 8.21. The van der Waals surface area contributed by atoms with Crippen molar-refractivity contribution in [2.24, 2.45) is 11.3 Å². The molecule has 1 heterocycles. The van der Waals surface area contributed by atoms with Crippen molar-refractivity contribution in [2.75, 3.05) is 6.54 Å². The lowest BCUT2D eigenvalue weighted by Gasteiger charge is -2.43. The molecule has 0 radical (unpaired) electrons. The zero-order chi connectivity index (χ0) is 17.5. The fraction of sp³-hybridized carbons (Fsp3) is 0.579. The molecule has 130 valence electrons. The van der Waals surface area contributed by atoms with Gasteiger partial charge in [-0.1, -0.05) is 51.1 Å². The lowest BCUT2D eigenvalue weighted by atomic mass is 9.64. The van der Waals surface area contributed by atoms with E-state index in [-0.39, 0.29) is 23.9 Å². The highest BCUT2D eigenvalue weighted by Crippen LogP contribution is 2.46. The van der Waals surface area contributed by atoms with E-state index in [0.717, 1.165) is 6.42 Å². The maximum Gasteiger partial charge on any atom is 0.325 e. The number of amides is 3. The summed E-state index contributed by atoms with van der Waals surface area (Å²) in [6.07, 6.45) is 1.49. The van der Waals surface area contributed by atoms with Gasteiger partial charge in [0.25, 0.3) is 5.91 Å². The number of hydrogen-bond donors (Lipinski definition) is 2. The molecule has 2 N–H and O–H groups in total. The van der Waals surface area contributed by atoms with Crippen molar-refractivity contribution in [1.82, 2.24) is 10.2 Å². The number of benzene rings is 1. The van der Waals surface area contributed by atoms with Gasteiger partial charge in [-0.15, -0.1) is 0 Å². The number of nitrogens with zero attached hydrogens (tertiary/aromatic N) is 1. The Balaban J connectivity index is 1.79. The number of carbonyl (C=O) groups excluding carboxylic acids is 2. The summed E-state index contributed by atoms with van der Waals surface area (Å²) >= 11 is 0. The fourth-order valence-corrected chi connectivity index (χ4v) is 4.63. The molecular weight excluding hydrogens is 304 g/mol. The van der Waals surface area contributed by atoms with Crippen LogP contribution in [0.3, 0.4) is 0 Å². The van der Waals surface area contributed by atoms with Crippen molar-refractivity contribution in [1.29, 1.82) is 0 Å². The van der Waals surface area contributed by atoms with Crippen LogP contribution >= 0.6 is 0 Å². The van der Waals surface area contributed by atoms with Crippen LogP contribution in [0.25, 0.3) is 0 Å². The van der Waals surface area contributed by atoms with Crippen LogP contribution in [0.5, 0.6) is 0 Å². The van der Waals surface area contributed by atoms with Crippen molar-refractivity contribution in [3.8, 4) is 0 Å². The lowest BCUT2D eigenvalue weighted by Crippen LogP contribution is -2.54. The molecule has 1 aromatic rings. The first-order chi connectivity index (χ1) is 11.2. The molecule has 0 bridgehead atoms. The van der Waals surface area contributed by atoms with Gasteiger partial charge < -0.3 is 10.4 Å². The summed E-state index contributed by atoms with van der Waals surface area (Å²) in [5.41, 5.74) is -0.0973. The Bertz CT molecular complexity index is 643. The van der Waals surface area contributed by atoms with E-state index in [9.17, 15) is 14.7 Å². The number of imide groups is 1. The van der Waals surface area contributed by atoms with Gasteiger partial charge >= 0.3 is 6.03 Å². The van der Waals surface area contributed by atoms with E-state index in [4.69, 9.17) is 0 Å². The smallest absolute Gasteiger partial charge is 0.325 e. The minimum Gasteiger partial charge on any atom is -0.387 e. The second-order valence-electron chi connectivity index (χ2n) is 8.21. The van der Waals surface area contributed by atoms with Gasteiger partial charge in [0.15, 0.2) is 0 Å². The Hall–Kier alpha value is -1.88. The summed E-state index contributed by atoms with van der Waals surface area (Å²) < 4.78 is 0. The van der Waals surface area contributed by atoms with Crippen LogP contribution in [-0.2, 0) is 4.79 Å². The summed E-state index contributed by atoms with van der Waals surface area (Å²) in [6, 6.07) is 8.73. The predicted octanol–water partition coefficient (Wildman–Crippen LogP) is 2.86. The molecular formula is C19H26N2O3. The van der Waals surface area contributed by atoms with E-state index in [1.54, 1.807) is 12.1 Å². The molecule has 1 saturated heterocycles. The number of aliphatic hydroxyl groups excluding tert-OH is 1. The third kappa shape index (κ3) is 3.05. The number of urea groups is 1. The van der Waals surface area contributed by atoms with Crippen molar-refractivity contribution >= 4 is 11.9 Å². The molecule has 3 rings (SSSR count). The molecule has 1 aliphatic heterocycles. The molecule has 1 aromatic carbocycles. The number of carbonyl (C=O) groups is 2. The van der Waals surface area contributed by atoms with Crippen molar-refractivity contribution < 1.29 is 14.7 Å². The lowest BCUT2D eigenvalue weighted by molar-refractivity contribution is -0.135. The predicted molar refractivity (Wildman–Crippen MR) is 91.2 cm³/mol. The molecule has 1 saturated carbocycles. The zero-order valence-corrected chi connectivity index (χ0v) is 14.6. The van der Waals surface area contributed by atoms with E-state index in [2.05, 4.69) is 26.1 Å². The number of hydrogen-bond acceptors (Lipinski definition) is 3. The van der Waals surface area contributed by atoms with Crippen LogP contribution in [0.2, 0.25) is 0 Å². The van der Waals surface area contributed by atoms with Gasteiger partial charge in [-0.2, -0.15) is 0 Å². The normalized spacial score (nSPS) is 30.5. The topological polar surface area (TPSA) is 69.6 Å². The Morgan fingerprint density at radius 3 is 2.54 bits per heavy atom. The van der Waals surface area contributed by atoms with E-state index in [1.807, 2.05) is 18.2 Å². The molecule has 0 aromatic heterocycles. The van der Waals surface area contributed by atoms with Gasteiger partial charge in [-0.3, -0.25) is 9.69 Å². The summed E-state index contributed by atoms with van der Waals surface area (Å²) in [7, 11) is 0. The maximum absolute atomic E-state index is 13.0. The van der Waals surface area contributed by atoms with Gasteiger partial charge in [0.05, 0.1) is 12.6 Å². The standard InChI is InChI=1S/C19H26N2O3/c1-13-9-18(2,3)12-19(10-13)16(23)21(17(24)20-19)11-15(22)14-7-5-4-6-8-14/h4-8,13,15,22H,9-12H2,1-3H3,(H,20,24). The largest absolute Gasteiger partial charge is 0.387 e. The number of aliphatic hydroxyl groups is 1. The first-order valence-electron chi connectivity index (χ1n) is 8.60. The summed E-state index contributed by atoms with van der Waals surface area (Å²) in [5, 5.41) is 13.3. The van der Waals surface area contributed by atoms with Crippen molar-refractivity contribution in [3.05, 3.63) is 35.9 Å². The highest BCUT2D eigenvalue weighted by molar-refractivity contribution is 6.07. The van der Waals surface area contributed by atoms with Gasteiger partial charge in [-0.05, 0) is 36.2 Å². The average molecular weight is 330 g/mol. The highest BCUT2D eigenvalue weighted by Gasteiger charge is 2.56. The average Bonchev–Trinajstić information content (AvgIpc) is 2.69. The van der Waals surface area contributed by atoms with Crippen molar-refractivity contribution in [2.45, 2.75) is 51.7 Å². The monoisotopic (exact) mass is 330 g/mol. The Labute approximate surface area is 143 Å². The van der Waals surface area contributed by atoms with E-state index in [1.165, 1.54) is 4.90 Å². The molecule has 2 fully saturated rings. The molecule has 2 aliphatic rings. The second kappa shape index (κ2) is 5.88. The minimum absolute atomic E-state index is 0.00859. The number of nitrogens with one attached hydrogen (secondary N) is 1. The Kier molecular flexibility index (Phi) is 4.16. The molecule has 24 heavy (non-hydrogen) atoms. The third-order valence-corrected chi connectivity index (χ3v) is 5.16. The molecule has 5 nitrogen and oxygen atoms in total. The first-order valence-corrected chi connectivity index (χ1v) is 8.60. The molecule has 1 aliphatic carbocycles. The van der Waals surface area contributed by atoms with E-state index < -0.39 is 11.6 Å². The summed E-state index contributed by atoms with van der Waals surface area (Å²) in [5.74, 6) is 0.180. The molecule has 5 heteroatoms. The first kappa shape index (κ1) is 17.0.